The molecule has 0 aromatic heterocycles. The Kier molecular flexibility index (Phi) is 10.7. The third-order valence-corrected chi connectivity index (χ3v) is 9.72. The largest absolute Gasteiger partial charge is 0.481 e. The first-order chi connectivity index (χ1) is 21.9. The van der Waals surface area contributed by atoms with Crippen molar-refractivity contribution in [3.63, 3.8) is 0 Å². The molecule has 0 bridgehead atoms. The second kappa shape index (κ2) is 14.5. The van der Waals surface area contributed by atoms with Crippen LogP contribution in [0.3, 0.4) is 0 Å². The number of aryl methyl sites for hydroxylation is 1. The van der Waals surface area contributed by atoms with Gasteiger partial charge in [0, 0.05) is 34.1 Å². The SMILES string of the molecule is CS(=O)(=O)N[C@H]1CCCCC1N1C(=O)c2ccccc2[C@@H](C(=O)NOCc2cccc(CCC(=O)O)c2)[C@@H]1c1ccc(Cl)cc1Cl. The van der Waals surface area contributed by atoms with Gasteiger partial charge in [-0.15, -0.1) is 0 Å². The van der Waals surface area contributed by atoms with Crippen molar-refractivity contribution >= 4 is 51.0 Å². The molecule has 1 fully saturated rings. The number of sulfonamides is 1. The third-order valence-electron chi connectivity index (χ3n) is 8.42. The van der Waals surface area contributed by atoms with Crippen LogP contribution in [0.5, 0.6) is 0 Å². The lowest BCUT2D eigenvalue weighted by atomic mass is 9.76. The smallest absolute Gasteiger partial charge is 0.303 e. The fourth-order valence-corrected chi connectivity index (χ4v) is 7.85. The van der Waals surface area contributed by atoms with Crippen molar-refractivity contribution in [1.82, 2.24) is 15.1 Å². The summed E-state index contributed by atoms with van der Waals surface area (Å²) in [6.45, 7) is 0.0129. The number of hydroxylamine groups is 1. The molecule has 2 amide bonds. The van der Waals surface area contributed by atoms with Gasteiger partial charge in [0.15, 0.2) is 0 Å². The van der Waals surface area contributed by atoms with Crippen molar-refractivity contribution in [2.24, 2.45) is 0 Å². The number of hydrogen-bond acceptors (Lipinski definition) is 6. The number of nitrogens with zero attached hydrogens (tertiary/aromatic N) is 1. The summed E-state index contributed by atoms with van der Waals surface area (Å²) in [4.78, 5) is 46.9. The average molecular weight is 689 g/mol. The van der Waals surface area contributed by atoms with Gasteiger partial charge in [0.1, 0.15) is 0 Å². The predicted molar refractivity (Wildman–Crippen MR) is 174 cm³/mol. The van der Waals surface area contributed by atoms with E-state index in [-0.39, 0.29) is 24.0 Å². The first-order valence-corrected chi connectivity index (χ1v) is 17.6. The van der Waals surface area contributed by atoms with E-state index in [1.165, 1.54) is 0 Å². The van der Waals surface area contributed by atoms with E-state index in [2.05, 4.69) is 10.2 Å². The summed E-state index contributed by atoms with van der Waals surface area (Å²) in [5.41, 5.74) is 5.45. The van der Waals surface area contributed by atoms with E-state index in [0.717, 1.165) is 30.2 Å². The molecule has 3 N–H and O–H groups in total. The molecule has 1 heterocycles. The molecule has 5 rings (SSSR count). The van der Waals surface area contributed by atoms with Gasteiger partial charge in [0.25, 0.3) is 11.8 Å². The van der Waals surface area contributed by atoms with E-state index >= 15 is 0 Å². The summed E-state index contributed by atoms with van der Waals surface area (Å²) in [5, 5.41) is 9.66. The van der Waals surface area contributed by atoms with Gasteiger partial charge in [-0.1, -0.05) is 84.6 Å². The minimum Gasteiger partial charge on any atom is -0.481 e. The number of nitrogens with one attached hydrogen (secondary N) is 2. The van der Waals surface area contributed by atoms with Crippen LogP contribution in [0, 0.1) is 0 Å². The first kappa shape index (κ1) is 33.9. The zero-order valence-electron chi connectivity index (χ0n) is 25.1. The highest BCUT2D eigenvalue weighted by atomic mass is 35.5. The number of carboxylic acids is 1. The van der Waals surface area contributed by atoms with Gasteiger partial charge < -0.3 is 10.0 Å². The quantitative estimate of drug-likeness (QED) is 0.229. The van der Waals surface area contributed by atoms with Crippen molar-refractivity contribution < 1.29 is 32.7 Å². The minimum atomic E-state index is -3.61. The summed E-state index contributed by atoms with van der Waals surface area (Å²) in [7, 11) is -3.61. The summed E-state index contributed by atoms with van der Waals surface area (Å²) in [6, 6.07) is 16.9. The molecule has 1 saturated carbocycles. The lowest BCUT2D eigenvalue weighted by Crippen LogP contribution is -2.59. The van der Waals surface area contributed by atoms with Crippen LogP contribution in [0.2, 0.25) is 10.0 Å². The molecular weight excluding hydrogens is 653 g/mol. The zero-order valence-corrected chi connectivity index (χ0v) is 27.4. The van der Waals surface area contributed by atoms with Gasteiger partial charge in [-0.3, -0.25) is 19.2 Å². The topological polar surface area (TPSA) is 142 Å². The number of carbonyl (C=O) groups is 3. The number of hydrogen-bond donors (Lipinski definition) is 3. The highest BCUT2D eigenvalue weighted by Crippen LogP contribution is 2.47. The Morgan fingerprint density at radius 1 is 0.978 bits per heavy atom. The number of fused-ring (bicyclic) bond motifs is 1. The highest BCUT2D eigenvalue weighted by molar-refractivity contribution is 7.88. The minimum absolute atomic E-state index is 0.00639. The van der Waals surface area contributed by atoms with Gasteiger partial charge in [-0.2, -0.15) is 0 Å². The van der Waals surface area contributed by atoms with Crippen molar-refractivity contribution in [2.45, 2.75) is 69.2 Å². The van der Waals surface area contributed by atoms with Crippen LogP contribution in [0.25, 0.3) is 0 Å². The zero-order chi connectivity index (χ0) is 33.0. The average Bonchev–Trinajstić information content (AvgIpc) is 3.00. The molecule has 13 heteroatoms. The highest BCUT2D eigenvalue weighted by Gasteiger charge is 2.49. The summed E-state index contributed by atoms with van der Waals surface area (Å²) in [5.74, 6) is -2.72. The van der Waals surface area contributed by atoms with Crippen molar-refractivity contribution in [2.75, 3.05) is 6.26 Å². The Hall–Kier alpha value is -3.48. The molecule has 4 atom stereocenters. The van der Waals surface area contributed by atoms with Crippen LogP contribution >= 0.6 is 23.2 Å². The van der Waals surface area contributed by atoms with Crippen LogP contribution in [-0.2, 0) is 37.5 Å². The van der Waals surface area contributed by atoms with Crippen molar-refractivity contribution in [3.8, 4) is 0 Å². The molecule has 0 saturated heterocycles. The summed E-state index contributed by atoms with van der Waals surface area (Å²) in [6.07, 6.45) is 4.04. The van der Waals surface area contributed by atoms with E-state index < -0.39 is 45.9 Å². The van der Waals surface area contributed by atoms with Crippen molar-refractivity contribution in [1.29, 1.82) is 0 Å². The Morgan fingerprint density at radius 2 is 1.72 bits per heavy atom. The Bertz CT molecular complexity index is 1740. The molecule has 10 nitrogen and oxygen atoms in total. The lowest BCUT2D eigenvalue weighted by Gasteiger charge is -2.49. The third kappa shape index (κ3) is 7.90. The molecule has 2 aliphatic rings. The number of halogens is 2. The summed E-state index contributed by atoms with van der Waals surface area (Å²) >= 11 is 13.0. The van der Waals surface area contributed by atoms with Gasteiger partial charge in [-0.05, 0) is 59.7 Å². The summed E-state index contributed by atoms with van der Waals surface area (Å²) < 4.78 is 27.5. The predicted octanol–water partition coefficient (Wildman–Crippen LogP) is 5.40. The second-order valence-corrected chi connectivity index (χ2v) is 14.3. The van der Waals surface area contributed by atoms with Crippen LogP contribution < -0.4 is 10.2 Å². The molecular formula is C33H35Cl2N3O7S. The monoisotopic (exact) mass is 687 g/mol. The van der Waals surface area contributed by atoms with Gasteiger partial charge >= 0.3 is 5.97 Å². The molecule has 1 aliphatic carbocycles. The van der Waals surface area contributed by atoms with E-state index in [0.29, 0.717) is 41.0 Å². The second-order valence-electron chi connectivity index (χ2n) is 11.7. The fourth-order valence-electron chi connectivity index (χ4n) is 6.51. The van der Waals surface area contributed by atoms with Crippen molar-refractivity contribution in [3.05, 3.63) is 105 Å². The normalized spacial score (nSPS) is 21.5. The van der Waals surface area contributed by atoms with E-state index in [1.54, 1.807) is 59.5 Å². The van der Waals surface area contributed by atoms with Gasteiger partial charge in [0.05, 0.1) is 24.8 Å². The number of aliphatic carboxylic acids is 1. The van der Waals surface area contributed by atoms with Crippen LogP contribution in [-0.4, -0.2) is 54.5 Å². The lowest BCUT2D eigenvalue weighted by molar-refractivity contribution is -0.138. The number of carboxylic acid groups (broad SMARTS) is 1. The molecule has 244 valence electrons. The molecule has 3 aromatic carbocycles. The van der Waals surface area contributed by atoms with E-state index in [9.17, 15) is 22.8 Å². The molecule has 46 heavy (non-hydrogen) atoms. The number of amides is 2. The van der Waals surface area contributed by atoms with Crippen LogP contribution in [0.15, 0.2) is 66.7 Å². The standard InChI is InChI=1S/C33H35Cl2N3O7S/c1-46(43,44)37-27-11-4-5-12-28(27)38-31(25-15-14-22(34)18-26(25)35)30(23-9-2-3-10-24(23)33(38)42)32(41)36-45-19-21-8-6-7-20(17-21)13-16-29(39)40/h2-3,6-10,14-15,17-18,27-28,30-31,37H,4-5,11-13,16,19H2,1H3,(H,36,41)(H,39,40)/t27-,28?,30+,31-/m0/s1. The Labute approximate surface area is 278 Å². The molecule has 0 radical (unpaired) electrons. The maximum Gasteiger partial charge on any atom is 0.303 e. The number of benzene rings is 3. The number of carbonyl (C=O) groups excluding carboxylic acids is 2. The maximum absolute atomic E-state index is 14.4. The molecule has 3 aromatic rings. The molecule has 1 aliphatic heterocycles. The molecule has 0 spiro atoms. The first-order valence-electron chi connectivity index (χ1n) is 15.0. The van der Waals surface area contributed by atoms with Crippen LogP contribution in [0.4, 0.5) is 0 Å². The van der Waals surface area contributed by atoms with Crippen LogP contribution in [0.1, 0.15) is 76.7 Å². The van der Waals surface area contributed by atoms with E-state index in [4.69, 9.17) is 33.1 Å². The Balaban J connectivity index is 1.51. The fraction of sp³-hybridized carbons (Fsp3) is 0.364. The molecule has 1 unspecified atom stereocenters. The number of rotatable bonds is 11. The van der Waals surface area contributed by atoms with E-state index in [1.807, 2.05) is 12.1 Å². The van der Waals surface area contributed by atoms with Gasteiger partial charge in [-0.25, -0.2) is 18.6 Å². The van der Waals surface area contributed by atoms with Gasteiger partial charge in [0.2, 0.25) is 10.0 Å². The maximum atomic E-state index is 14.4. The Morgan fingerprint density at radius 3 is 2.46 bits per heavy atom.